The maximum atomic E-state index is 13.7. The Morgan fingerprint density at radius 3 is 2.67 bits per heavy atom. The van der Waals surface area contributed by atoms with E-state index in [2.05, 4.69) is 20.3 Å². The van der Waals surface area contributed by atoms with E-state index in [-0.39, 0.29) is 11.6 Å². The van der Waals surface area contributed by atoms with Gasteiger partial charge in [0.25, 0.3) is 11.1 Å². The number of hydrogen-bond acceptors (Lipinski definition) is 9. The lowest BCUT2D eigenvalue weighted by Crippen LogP contribution is -2.04. The summed E-state index contributed by atoms with van der Waals surface area (Å²) < 4.78 is 35.3. The Morgan fingerprint density at radius 2 is 1.90 bits per heavy atom. The molecule has 0 aliphatic rings. The molecule has 0 radical (unpaired) electrons. The number of halogens is 1. The zero-order valence-electron chi connectivity index (χ0n) is 16.1. The number of rotatable bonds is 8. The number of hydrogen-bond donors (Lipinski definition) is 0. The molecule has 154 valence electrons. The number of nitrogens with zero attached hydrogens (tertiary/aromatic N) is 4. The standard InChI is InChI=1S/C20H17FN4O4S/c1-12(27-16-6-4-3-5-15(16)21)19-23-24-20(28-19)30-11-17-22-18(25-29-17)13-7-9-14(26-2)10-8-13/h3-10,12H,11H2,1-2H3. The Bertz CT molecular complexity index is 1120. The van der Waals surface area contributed by atoms with Gasteiger partial charge in [-0.2, -0.15) is 4.98 Å². The van der Waals surface area contributed by atoms with Crippen molar-refractivity contribution in [3.05, 3.63) is 66.1 Å². The van der Waals surface area contributed by atoms with E-state index in [0.717, 1.165) is 11.3 Å². The highest BCUT2D eigenvalue weighted by atomic mass is 32.2. The molecule has 30 heavy (non-hydrogen) atoms. The number of thioether (sulfide) groups is 1. The number of methoxy groups -OCH3 is 1. The second-order valence-electron chi connectivity index (χ2n) is 6.13. The van der Waals surface area contributed by atoms with Crippen molar-refractivity contribution >= 4 is 11.8 Å². The first kappa shape index (κ1) is 19.9. The van der Waals surface area contributed by atoms with E-state index in [1.807, 2.05) is 24.3 Å². The molecule has 2 heterocycles. The molecule has 4 rings (SSSR count). The van der Waals surface area contributed by atoms with Gasteiger partial charge in [-0.05, 0) is 43.3 Å². The van der Waals surface area contributed by atoms with Crippen molar-refractivity contribution in [1.29, 1.82) is 0 Å². The molecule has 0 aliphatic heterocycles. The van der Waals surface area contributed by atoms with E-state index >= 15 is 0 Å². The largest absolute Gasteiger partial charge is 0.497 e. The summed E-state index contributed by atoms with van der Waals surface area (Å²) in [6, 6.07) is 13.5. The zero-order chi connectivity index (χ0) is 20.9. The third kappa shape index (κ3) is 4.60. The monoisotopic (exact) mass is 428 g/mol. The predicted octanol–water partition coefficient (Wildman–Crippen LogP) is 4.70. The van der Waals surface area contributed by atoms with Crippen LogP contribution >= 0.6 is 11.8 Å². The highest BCUT2D eigenvalue weighted by Crippen LogP contribution is 2.27. The second kappa shape index (κ2) is 8.95. The molecule has 4 aromatic rings. The topological polar surface area (TPSA) is 96.3 Å². The van der Waals surface area contributed by atoms with Gasteiger partial charge in [-0.25, -0.2) is 4.39 Å². The minimum absolute atomic E-state index is 0.120. The fraction of sp³-hybridized carbons (Fsp3) is 0.200. The van der Waals surface area contributed by atoms with Gasteiger partial charge in [-0.3, -0.25) is 0 Å². The molecule has 10 heteroatoms. The van der Waals surface area contributed by atoms with E-state index in [9.17, 15) is 4.39 Å². The third-order valence-corrected chi connectivity index (χ3v) is 4.85. The molecule has 0 fully saturated rings. The Morgan fingerprint density at radius 1 is 1.10 bits per heavy atom. The number of aromatic nitrogens is 4. The number of para-hydroxylation sites is 1. The molecule has 0 N–H and O–H groups in total. The first-order valence-corrected chi connectivity index (χ1v) is 9.95. The molecule has 0 saturated carbocycles. The first-order valence-electron chi connectivity index (χ1n) is 8.97. The number of benzene rings is 2. The summed E-state index contributed by atoms with van der Waals surface area (Å²) in [5, 5.41) is 12.2. The fourth-order valence-corrected chi connectivity index (χ4v) is 3.13. The average molecular weight is 428 g/mol. The lowest BCUT2D eigenvalue weighted by molar-refractivity contribution is 0.174. The highest BCUT2D eigenvalue weighted by Gasteiger charge is 2.18. The summed E-state index contributed by atoms with van der Waals surface area (Å²) in [5.41, 5.74) is 0.815. The van der Waals surface area contributed by atoms with Gasteiger partial charge >= 0.3 is 0 Å². The van der Waals surface area contributed by atoms with Crippen LogP contribution in [0.3, 0.4) is 0 Å². The fourth-order valence-electron chi connectivity index (χ4n) is 2.52. The predicted molar refractivity (Wildman–Crippen MR) is 106 cm³/mol. The summed E-state index contributed by atoms with van der Waals surface area (Å²) >= 11 is 1.25. The average Bonchev–Trinajstić information content (AvgIpc) is 3.44. The van der Waals surface area contributed by atoms with Crippen LogP contribution in [-0.2, 0) is 5.75 Å². The van der Waals surface area contributed by atoms with Crippen LogP contribution < -0.4 is 9.47 Å². The SMILES string of the molecule is COc1ccc(-c2noc(CSc3nnc(C(C)Oc4ccccc4F)o3)n2)cc1. The molecular formula is C20H17FN4O4S. The van der Waals surface area contributed by atoms with Gasteiger partial charge in [0, 0.05) is 5.56 Å². The van der Waals surface area contributed by atoms with Crippen molar-refractivity contribution in [2.75, 3.05) is 7.11 Å². The van der Waals surface area contributed by atoms with Crippen LogP contribution in [0.2, 0.25) is 0 Å². The van der Waals surface area contributed by atoms with Gasteiger partial charge in [-0.1, -0.05) is 29.1 Å². The Hall–Kier alpha value is -3.40. The lowest BCUT2D eigenvalue weighted by Gasteiger charge is -2.11. The van der Waals surface area contributed by atoms with Gasteiger partial charge in [0.15, 0.2) is 17.7 Å². The van der Waals surface area contributed by atoms with Crippen LogP contribution in [0.25, 0.3) is 11.4 Å². The minimum Gasteiger partial charge on any atom is -0.497 e. The molecule has 0 spiro atoms. The Kier molecular flexibility index (Phi) is 5.94. The van der Waals surface area contributed by atoms with Gasteiger partial charge in [-0.15, -0.1) is 10.2 Å². The Labute approximate surface area is 175 Å². The van der Waals surface area contributed by atoms with Gasteiger partial charge in [0.05, 0.1) is 12.9 Å². The van der Waals surface area contributed by atoms with E-state index in [4.69, 9.17) is 18.4 Å². The van der Waals surface area contributed by atoms with Crippen LogP contribution in [0, 0.1) is 5.82 Å². The Balaban J connectivity index is 1.35. The quantitative estimate of drug-likeness (QED) is 0.370. The van der Waals surface area contributed by atoms with Crippen molar-refractivity contribution in [2.45, 2.75) is 24.0 Å². The maximum absolute atomic E-state index is 13.7. The molecule has 0 saturated heterocycles. The van der Waals surface area contributed by atoms with E-state index in [1.54, 1.807) is 26.2 Å². The van der Waals surface area contributed by atoms with Gasteiger partial charge in [0.1, 0.15) is 5.75 Å². The first-order chi connectivity index (χ1) is 14.6. The highest BCUT2D eigenvalue weighted by molar-refractivity contribution is 7.98. The summed E-state index contributed by atoms with van der Waals surface area (Å²) in [6.07, 6.45) is -0.603. The van der Waals surface area contributed by atoms with Crippen molar-refractivity contribution < 1.29 is 22.8 Å². The van der Waals surface area contributed by atoms with Crippen LogP contribution in [0.15, 0.2) is 62.7 Å². The van der Waals surface area contributed by atoms with E-state index in [0.29, 0.717) is 22.7 Å². The number of ether oxygens (including phenoxy) is 2. The molecule has 1 unspecified atom stereocenters. The summed E-state index contributed by atoms with van der Waals surface area (Å²) in [4.78, 5) is 4.36. The maximum Gasteiger partial charge on any atom is 0.277 e. The summed E-state index contributed by atoms with van der Waals surface area (Å²) in [5.74, 6) is 1.90. The van der Waals surface area contributed by atoms with Crippen molar-refractivity contribution in [2.24, 2.45) is 0 Å². The molecule has 8 nitrogen and oxygen atoms in total. The second-order valence-corrected chi connectivity index (χ2v) is 7.05. The van der Waals surface area contributed by atoms with E-state index < -0.39 is 11.9 Å². The minimum atomic E-state index is -0.603. The van der Waals surface area contributed by atoms with Crippen LogP contribution in [0.5, 0.6) is 11.5 Å². The van der Waals surface area contributed by atoms with Crippen molar-refractivity contribution in [1.82, 2.24) is 20.3 Å². The summed E-state index contributed by atoms with van der Waals surface area (Å²) in [6.45, 7) is 1.70. The van der Waals surface area contributed by atoms with Gasteiger partial charge < -0.3 is 18.4 Å². The van der Waals surface area contributed by atoms with Gasteiger partial charge in [0.2, 0.25) is 11.7 Å². The smallest absolute Gasteiger partial charge is 0.277 e. The van der Waals surface area contributed by atoms with Crippen LogP contribution in [0.1, 0.15) is 24.8 Å². The molecule has 2 aromatic carbocycles. The molecule has 0 aliphatic carbocycles. The van der Waals surface area contributed by atoms with Crippen molar-refractivity contribution in [3.63, 3.8) is 0 Å². The molecular weight excluding hydrogens is 411 g/mol. The molecule has 1 atom stereocenters. The molecule has 0 bridgehead atoms. The van der Waals surface area contributed by atoms with Crippen molar-refractivity contribution in [3.8, 4) is 22.9 Å². The zero-order valence-corrected chi connectivity index (χ0v) is 16.9. The van der Waals surface area contributed by atoms with Crippen LogP contribution in [0.4, 0.5) is 4.39 Å². The third-order valence-electron chi connectivity index (χ3n) is 4.05. The summed E-state index contributed by atoms with van der Waals surface area (Å²) in [7, 11) is 1.61. The van der Waals surface area contributed by atoms with Crippen LogP contribution in [-0.4, -0.2) is 27.4 Å². The normalized spacial score (nSPS) is 12.0. The van der Waals surface area contributed by atoms with E-state index in [1.165, 1.54) is 23.9 Å². The molecule has 2 aromatic heterocycles. The molecule has 0 amide bonds. The lowest BCUT2D eigenvalue weighted by atomic mass is 10.2.